The van der Waals surface area contributed by atoms with Crippen LogP contribution in [0.1, 0.15) is 31.2 Å². The molecule has 3 rings (SSSR count). The Morgan fingerprint density at radius 2 is 2.11 bits per heavy atom. The first-order valence-electron chi connectivity index (χ1n) is 7.03. The predicted octanol–water partition coefficient (Wildman–Crippen LogP) is 1.86. The molecule has 0 radical (unpaired) electrons. The molecule has 0 aromatic carbocycles. The predicted molar refractivity (Wildman–Crippen MR) is 71.2 cm³/mol. The van der Waals surface area contributed by atoms with Gasteiger partial charge in [0.2, 0.25) is 0 Å². The summed E-state index contributed by atoms with van der Waals surface area (Å²) in [6, 6.07) is 5.41. The van der Waals surface area contributed by atoms with Gasteiger partial charge in [-0.15, -0.1) is 0 Å². The Morgan fingerprint density at radius 3 is 2.72 bits per heavy atom. The summed E-state index contributed by atoms with van der Waals surface area (Å²) in [7, 11) is 2.24. The van der Waals surface area contributed by atoms with Crippen LogP contribution in [-0.2, 0) is 6.42 Å². The van der Waals surface area contributed by atoms with Gasteiger partial charge in [0.25, 0.3) is 0 Å². The lowest BCUT2D eigenvalue weighted by Gasteiger charge is -2.38. The van der Waals surface area contributed by atoms with Crippen LogP contribution in [0.4, 0.5) is 0 Å². The van der Waals surface area contributed by atoms with Crippen molar-refractivity contribution in [2.45, 2.75) is 50.3 Å². The van der Waals surface area contributed by atoms with E-state index in [9.17, 15) is 5.11 Å². The molecular formula is C15H22N2O. The maximum absolute atomic E-state index is 10.4. The fourth-order valence-corrected chi connectivity index (χ4v) is 3.69. The molecule has 18 heavy (non-hydrogen) atoms. The molecule has 98 valence electrons. The Balaban J connectivity index is 1.62. The van der Waals surface area contributed by atoms with Crippen LogP contribution >= 0.6 is 0 Å². The van der Waals surface area contributed by atoms with E-state index in [2.05, 4.69) is 23.0 Å². The minimum absolute atomic E-state index is 0.203. The van der Waals surface area contributed by atoms with E-state index in [0.717, 1.165) is 24.8 Å². The van der Waals surface area contributed by atoms with Gasteiger partial charge in [-0.3, -0.25) is 4.98 Å². The number of hydrogen-bond donors (Lipinski definition) is 1. The van der Waals surface area contributed by atoms with Gasteiger partial charge < -0.3 is 10.0 Å². The summed E-state index contributed by atoms with van der Waals surface area (Å²) in [5.41, 5.74) is 1.15. The fourth-order valence-electron chi connectivity index (χ4n) is 3.69. The number of fused-ring (bicyclic) bond motifs is 2. The highest BCUT2D eigenvalue weighted by molar-refractivity contribution is 5.10. The first kappa shape index (κ1) is 12.1. The largest absolute Gasteiger partial charge is 0.392 e. The second kappa shape index (κ2) is 4.98. The summed E-state index contributed by atoms with van der Waals surface area (Å²) in [6.45, 7) is 0. The Labute approximate surface area is 109 Å². The molecule has 3 heterocycles. The van der Waals surface area contributed by atoms with Crippen molar-refractivity contribution < 1.29 is 5.11 Å². The Kier molecular flexibility index (Phi) is 3.35. The van der Waals surface area contributed by atoms with Crippen molar-refractivity contribution in [1.82, 2.24) is 9.88 Å². The first-order chi connectivity index (χ1) is 8.74. The summed E-state index contributed by atoms with van der Waals surface area (Å²) >= 11 is 0. The Hall–Kier alpha value is -0.930. The molecule has 0 aliphatic carbocycles. The molecule has 3 atom stereocenters. The standard InChI is InChI=1S/C15H22N2O/c1-17-13-4-5-14(17)9-12(8-13)15(18)7-11-3-2-6-16-10-11/h2-3,6,10,12-15,18H,4-5,7-9H2,1H3. The summed E-state index contributed by atoms with van der Waals surface area (Å²) in [5.74, 6) is 0.471. The number of pyridine rings is 1. The molecule has 1 aromatic heterocycles. The zero-order valence-corrected chi connectivity index (χ0v) is 11.0. The topological polar surface area (TPSA) is 36.4 Å². The number of aliphatic hydroxyl groups excluding tert-OH is 1. The van der Waals surface area contributed by atoms with Gasteiger partial charge in [0.05, 0.1) is 6.10 Å². The zero-order chi connectivity index (χ0) is 12.5. The lowest BCUT2D eigenvalue weighted by molar-refractivity contribution is 0.0367. The SMILES string of the molecule is CN1C2CCC1CC(C(O)Cc1cccnc1)C2. The van der Waals surface area contributed by atoms with Gasteiger partial charge in [-0.2, -0.15) is 0 Å². The van der Waals surface area contributed by atoms with E-state index in [0.29, 0.717) is 18.0 Å². The second-order valence-electron chi connectivity index (χ2n) is 5.91. The van der Waals surface area contributed by atoms with Crippen LogP contribution in [0.25, 0.3) is 0 Å². The minimum atomic E-state index is -0.203. The van der Waals surface area contributed by atoms with E-state index in [4.69, 9.17) is 0 Å². The van der Waals surface area contributed by atoms with E-state index in [-0.39, 0.29) is 6.10 Å². The monoisotopic (exact) mass is 246 g/mol. The molecule has 2 saturated heterocycles. The normalized spacial score (nSPS) is 33.6. The van der Waals surface area contributed by atoms with E-state index < -0.39 is 0 Å². The van der Waals surface area contributed by atoms with Crippen molar-refractivity contribution in [3.8, 4) is 0 Å². The number of aromatic nitrogens is 1. The van der Waals surface area contributed by atoms with Crippen molar-refractivity contribution >= 4 is 0 Å². The van der Waals surface area contributed by atoms with E-state index >= 15 is 0 Å². The maximum Gasteiger partial charge on any atom is 0.0610 e. The highest BCUT2D eigenvalue weighted by Crippen LogP contribution is 2.39. The van der Waals surface area contributed by atoms with Crippen LogP contribution in [0.15, 0.2) is 24.5 Å². The molecule has 2 fully saturated rings. The number of piperidine rings is 1. The summed E-state index contributed by atoms with van der Waals surface area (Å²) < 4.78 is 0. The quantitative estimate of drug-likeness (QED) is 0.884. The molecule has 2 aliphatic heterocycles. The number of rotatable bonds is 3. The van der Waals surface area contributed by atoms with Crippen molar-refractivity contribution in [2.75, 3.05) is 7.05 Å². The summed E-state index contributed by atoms with van der Waals surface area (Å²) in [6.07, 6.45) is 9.16. The van der Waals surface area contributed by atoms with Gasteiger partial charge in [0.1, 0.15) is 0 Å². The van der Waals surface area contributed by atoms with E-state index in [1.54, 1.807) is 6.20 Å². The van der Waals surface area contributed by atoms with Crippen molar-refractivity contribution in [3.63, 3.8) is 0 Å². The van der Waals surface area contributed by atoms with Crippen LogP contribution in [-0.4, -0.2) is 40.2 Å². The van der Waals surface area contributed by atoms with E-state index in [1.165, 1.54) is 12.8 Å². The van der Waals surface area contributed by atoms with Crippen LogP contribution in [0.5, 0.6) is 0 Å². The highest BCUT2D eigenvalue weighted by Gasteiger charge is 2.40. The average molecular weight is 246 g/mol. The highest BCUT2D eigenvalue weighted by atomic mass is 16.3. The van der Waals surface area contributed by atoms with Gasteiger partial charge in [0, 0.05) is 30.9 Å². The third kappa shape index (κ3) is 2.29. The van der Waals surface area contributed by atoms with Crippen molar-refractivity contribution in [2.24, 2.45) is 5.92 Å². The second-order valence-corrected chi connectivity index (χ2v) is 5.91. The Bertz CT molecular complexity index is 381. The smallest absolute Gasteiger partial charge is 0.0610 e. The number of nitrogens with zero attached hydrogens (tertiary/aromatic N) is 2. The van der Waals surface area contributed by atoms with Crippen LogP contribution in [0, 0.1) is 5.92 Å². The molecular weight excluding hydrogens is 224 g/mol. The third-order valence-electron chi connectivity index (χ3n) is 4.85. The molecule has 3 heteroatoms. The molecule has 0 amide bonds. The average Bonchev–Trinajstić information content (AvgIpc) is 2.63. The molecule has 3 unspecified atom stereocenters. The molecule has 0 saturated carbocycles. The fraction of sp³-hybridized carbons (Fsp3) is 0.667. The molecule has 0 spiro atoms. The maximum atomic E-state index is 10.4. The van der Waals surface area contributed by atoms with Gasteiger partial charge in [-0.1, -0.05) is 6.07 Å². The molecule has 2 bridgehead atoms. The summed E-state index contributed by atoms with van der Waals surface area (Å²) in [4.78, 5) is 6.64. The van der Waals surface area contributed by atoms with Crippen LogP contribution in [0.2, 0.25) is 0 Å². The van der Waals surface area contributed by atoms with Gasteiger partial charge in [-0.25, -0.2) is 0 Å². The lowest BCUT2D eigenvalue weighted by Crippen LogP contribution is -2.43. The summed E-state index contributed by atoms with van der Waals surface area (Å²) in [5, 5.41) is 10.4. The van der Waals surface area contributed by atoms with Crippen molar-refractivity contribution in [1.29, 1.82) is 0 Å². The van der Waals surface area contributed by atoms with Gasteiger partial charge >= 0.3 is 0 Å². The molecule has 1 N–H and O–H groups in total. The Morgan fingerprint density at radius 1 is 1.39 bits per heavy atom. The zero-order valence-electron chi connectivity index (χ0n) is 11.0. The van der Waals surface area contributed by atoms with Crippen LogP contribution < -0.4 is 0 Å². The number of hydrogen-bond acceptors (Lipinski definition) is 3. The molecule has 3 nitrogen and oxygen atoms in total. The van der Waals surface area contributed by atoms with Crippen molar-refractivity contribution in [3.05, 3.63) is 30.1 Å². The third-order valence-corrected chi connectivity index (χ3v) is 4.85. The van der Waals surface area contributed by atoms with E-state index in [1.807, 2.05) is 12.3 Å². The lowest BCUT2D eigenvalue weighted by atomic mass is 9.84. The van der Waals surface area contributed by atoms with Crippen LogP contribution in [0.3, 0.4) is 0 Å². The van der Waals surface area contributed by atoms with Gasteiger partial charge in [-0.05, 0) is 50.3 Å². The molecule has 2 aliphatic rings. The number of aliphatic hydroxyl groups is 1. The molecule has 1 aromatic rings. The minimum Gasteiger partial charge on any atom is -0.392 e. The first-order valence-corrected chi connectivity index (χ1v) is 7.03. The van der Waals surface area contributed by atoms with Gasteiger partial charge in [0.15, 0.2) is 0 Å².